The Morgan fingerprint density at radius 1 is 1.14 bits per heavy atom. The van der Waals surface area contributed by atoms with Crippen LogP contribution in [-0.2, 0) is 6.61 Å². The Morgan fingerprint density at radius 3 is 2.62 bits per heavy atom. The monoisotopic (exact) mass is 665 g/mol. The van der Waals surface area contributed by atoms with Crippen molar-refractivity contribution in [1.29, 1.82) is 0 Å². The Morgan fingerprint density at radius 2 is 1.92 bits per heavy atom. The molecule has 0 aliphatic carbocycles. The van der Waals surface area contributed by atoms with Gasteiger partial charge >= 0.3 is 0 Å². The van der Waals surface area contributed by atoms with Crippen LogP contribution in [0.4, 0.5) is 0 Å². The van der Waals surface area contributed by atoms with Crippen molar-refractivity contribution in [1.82, 2.24) is 9.66 Å². The van der Waals surface area contributed by atoms with Crippen LogP contribution in [0.3, 0.4) is 0 Å². The lowest BCUT2D eigenvalue weighted by Gasteiger charge is -2.15. The van der Waals surface area contributed by atoms with Crippen molar-refractivity contribution in [3.63, 3.8) is 0 Å². The van der Waals surface area contributed by atoms with Crippen molar-refractivity contribution < 1.29 is 9.47 Å². The number of fused-ring (bicyclic) bond motifs is 1. The van der Waals surface area contributed by atoms with Crippen LogP contribution in [0.15, 0.2) is 67.4 Å². The summed E-state index contributed by atoms with van der Waals surface area (Å²) in [7, 11) is 1.56. The molecular weight excluding hydrogens is 645 g/mol. The second kappa shape index (κ2) is 12.0. The fraction of sp³-hybridized carbons (Fsp3) is 0.222. The summed E-state index contributed by atoms with van der Waals surface area (Å²) in [5.74, 6) is 1.65. The molecule has 4 rings (SSSR count). The minimum atomic E-state index is -0.233. The quantitative estimate of drug-likeness (QED) is 0.178. The molecule has 0 bridgehead atoms. The number of rotatable bonds is 8. The molecular formula is C27H23Br2Cl2N3O3. The van der Waals surface area contributed by atoms with Crippen molar-refractivity contribution in [2.24, 2.45) is 5.10 Å². The largest absolute Gasteiger partial charge is 0.493 e. The number of aromatic nitrogens is 2. The number of nitrogens with zero attached hydrogens (tertiary/aromatic N) is 3. The van der Waals surface area contributed by atoms with E-state index in [9.17, 15) is 4.79 Å². The summed E-state index contributed by atoms with van der Waals surface area (Å²) >= 11 is 19.3. The summed E-state index contributed by atoms with van der Waals surface area (Å²) in [5, 5.41) is 6.10. The molecule has 1 aromatic heterocycles. The Labute approximate surface area is 241 Å². The molecule has 0 N–H and O–H groups in total. The van der Waals surface area contributed by atoms with Gasteiger partial charge in [-0.15, -0.1) is 0 Å². The average molecular weight is 668 g/mol. The lowest BCUT2D eigenvalue weighted by atomic mass is 10.1. The van der Waals surface area contributed by atoms with Crippen LogP contribution in [0.1, 0.15) is 43.1 Å². The predicted octanol–water partition coefficient (Wildman–Crippen LogP) is 8.21. The Hall–Kier alpha value is -2.39. The zero-order valence-electron chi connectivity index (χ0n) is 20.3. The number of halogens is 4. The van der Waals surface area contributed by atoms with Crippen LogP contribution in [0.2, 0.25) is 10.0 Å². The molecule has 0 saturated carbocycles. The van der Waals surface area contributed by atoms with Crippen LogP contribution < -0.4 is 15.0 Å². The van der Waals surface area contributed by atoms with Crippen molar-refractivity contribution in [2.45, 2.75) is 32.8 Å². The summed E-state index contributed by atoms with van der Waals surface area (Å²) in [5.41, 5.74) is 1.90. The van der Waals surface area contributed by atoms with E-state index in [0.717, 1.165) is 16.5 Å². The van der Waals surface area contributed by atoms with Gasteiger partial charge in [0, 0.05) is 26.0 Å². The predicted molar refractivity (Wildman–Crippen MR) is 157 cm³/mol. The van der Waals surface area contributed by atoms with Gasteiger partial charge in [0.1, 0.15) is 12.4 Å². The van der Waals surface area contributed by atoms with Crippen molar-refractivity contribution in [3.05, 3.63) is 94.8 Å². The topological polar surface area (TPSA) is 65.7 Å². The first-order valence-corrected chi connectivity index (χ1v) is 13.8. The molecule has 0 saturated heterocycles. The number of ether oxygens (including phenoxy) is 2. The number of benzene rings is 3. The minimum Gasteiger partial charge on any atom is -0.493 e. The third-order valence-corrected chi connectivity index (χ3v) is 7.52. The molecule has 0 spiro atoms. The molecule has 10 heteroatoms. The van der Waals surface area contributed by atoms with Crippen molar-refractivity contribution in [2.75, 3.05) is 7.11 Å². The maximum Gasteiger partial charge on any atom is 0.282 e. The van der Waals surface area contributed by atoms with E-state index in [1.54, 1.807) is 37.6 Å². The maximum absolute atomic E-state index is 13.4. The first-order chi connectivity index (χ1) is 17.7. The van der Waals surface area contributed by atoms with Crippen molar-refractivity contribution in [3.8, 4) is 11.5 Å². The highest BCUT2D eigenvalue weighted by Crippen LogP contribution is 2.37. The smallest absolute Gasteiger partial charge is 0.282 e. The van der Waals surface area contributed by atoms with Gasteiger partial charge in [0.2, 0.25) is 0 Å². The Bertz CT molecular complexity index is 1560. The molecule has 0 fully saturated rings. The highest BCUT2D eigenvalue weighted by molar-refractivity contribution is 9.10. The van der Waals surface area contributed by atoms with Gasteiger partial charge in [0.15, 0.2) is 11.5 Å². The van der Waals surface area contributed by atoms with Crippen LogP contribution in [-0.4, -0.2) is 23.0 Å². The highest BCUT2D eigenvalue weighted by atomic mass is 79.9. The van der Waals surface area contributed by atoms with Gasteiger partial charge in [0.05, 0.1) is 28.7 Å². The second-order valence-corrected chi connectivity index (χ2v) is 11.0. The van der Waals surface area contributed by atoms with Gasteiger partial charge in [0.25, 0.3) is 5.56 Å². The fourth-order valence-corrected chi connectivity index (χ4v) is 5.04. The fourth-order valence-electron chi connectivity index (χ4n) is 3.65. The number of hydrogen-bond donors (Lipinski definition) is 0. The zero-order chi connectivity index (χ0) is 26.7. The number of methoxy groups -OCH3 is 1. The van der Waals surface area contributed by atoms with Gasteiger partial charge in [-0.3, -0.25) is 4.79 Å². The lowest BCUT2D eigenvalue weighted by Crippen LogP contribution is -2.23. The summed E-state index contributed by atoms with van der Waals surface area (Å²) in [6.45, 7) is 4.30. The van der Waals surface area contributed by atoms with E-state index in [0.29, 0.717) is 48.3 Å². The minimum absolute atomic E-state index is 0.0367. The van der Waals surface area contributed by atoms with Gasteiger partial charge in [-0.25, -0.2) is 4.98 Å². The third kappa shape index (κ3) is 6.20. The Balaban J connectivity index is 1.69. The molecule has 1 atom stereocenters. The van der Waals surface area contributed by atoms with E-state index < -0.39 is 0 Å². The first-order valence-electron chi connectivity index (χ1n) is 11.4. The van der Waals surface area contributed by atoms with E-state index in [-0.39, 0.29) is 18.1 Å². The van der Waals surface area contributed by atoms with E-state index in [1.165, 1.54) is 4.68 Å². The second-order valence-electron chi connectivity index (χ2n) is 8.36. The van der Waals surface area contributed by atoms with E-state index in [4.69, 9.17) is 37.7 Å². The zero-order valence-corrected chi connectivity index (χ0v) is 24.9. The van der Waals surface area contributed by atoms with E-state index in [1.807, 2.05) is 31.2 Å². The molecule has 6 nitrogen and oxygen atoms in total. The average Bonchev–Trinajstić information content (AvgIpc) is 2.87. The molecule has 1 heterocycles. The molecule has 4 aromatic rings. The molecule has 37 heavy (non-hydrogen) atoms. The summed E-state index contributed by atoms with van der Waals surface area (Å²) in [4.78, 5) is 18.1. The third-order valence-electron chi connectivity index (χ3n) is 5.85. The van der Waals surface area contributed by atoms with Crippen LogP contribution in [0.5, 0.6) is 11.5 Å². The van der Waals surface area contributed by atoms with Gasteiger partial charge in [-0.2, -0.15) is 9.78 Å². The summed E-state index contributed by atoms with van der Waals surface area (Å²) in [6, 6.07) is 14.3. The lowest BCUT2D eigenvalue weighted by molar-refractivity contribution is 0.282. The SMILES string of the molecule is CC[C@@H](C)c1nc2ccc(Br)cc2c(=O)n1N=Cc1cc(Br)c(OCc2ccc(Cl)cc2Cl)c(OC)c1. The molecule has 192 valence electrons. The standard InChI is InChI=1S/C27H23Br2Cl2N3O3/c1-4-15(2)26-33-23-8-6-18(28)11-20(23)27(35)34(26)32-13-16-9-21(29)25(24(10-16)36-3)37-14-17-5-7-19(30)12-22(17)31/h5-13,15H,4,14H2,1-3H3/t15-/m1/s1. The molecule has 0 amide bonds. The van der Waals surface area contributed by atoms with Crippen LogP contribution >= 0.6 is 55.1 Å². The van der Waals surface area contributed by atoms with E-state index in [2.05, 4.69) is 43.9 Å². The van der Waals surface area contributed by atoms with Crippen LogP contribution in [0.25, 0.3) is 10.9 Å². The Kier molecular flexibility index (Phi) is 8.95. The highest BCUT2D eigenvalue weighted by Gasteiger charge is 2.17. The molecule has 0 radical (unpaired) electrons. The first kappa shape index (κ1) is 27.6. The number of hydrogen-bond acceptors (Lipinski definition) is 5. The molecule has 0 aliphatic heterocycles. The normalized spacial score (nSPS) is 12.3. The maximum atomic E-state index is 13.4. The van der Waals surface area contributed by atoms with Crippen LogP contribution in [0, 0.1) is 0 Å². The molecule has 0 aliphatic rings. The van der Waals surface area contributed by atoms with Gasteiger partial charge in [-0.05, 0) is 70.4 Å². The van der Waals surface area contributed by atoms with E-state index >= 15 is 0 Å². The molecule has 3 aromatic carbocycles. The van der Waals surface area contributed by atoms with Gasteiger partial charge < -0.3 is 9.47 Å². The summed E-state index contributed by atoms with van der Waals surface area (Å²) < 4.78 is 14.4. The molecule has 0 unspecified atom stereocenters. The van der Waals surface area contributed by atoms with Gasteiger partial charge in [-0.1, -0.05) is 59.0 Å². The summed E-state index contributed by atoms with van der Waals surface area (Å²) in [6.07, 6.45) is 2.42. The van der Waals surface area contributed by atoms with Crippen molar-refractivity contribution >= 4 is 72.2 Å².